The molecule has 0 saturated carbocycles. The van der Waals surface area contributed by atoms with Gasteiger partial charge in [0.15, 0.2) is 5.12 Å². The summed E-state index contributed by atoms with van der Waals surface area (Å²) in [6.07, 6.45) is -1.34. The molecule has 1 atom stereocenters. The molecule has 28 heavy (non-hydrogen) atoms. The zero-order valence-electron chi connectivity index (χ0n) is 17.1. The van der Waals surface area contributed by atoms with Gasteiger partial charge in [-0.2, -0.15) is 0 Å². The van der Waals surface area contributed by atoms with Crippen LogP contribution in [0.5, 0.6) is 0 Å². The number of hydrogen-bond donors (Lipinski definition) is 3. The van der Waals surface area contributed by atoms with Crippen LogP contribution in [0.15, 0.2) is 0 Å². The van der Waals surface area contributed by atoms with E-state index < -0.39 is 28.8 Å². The lowest BCUT2D eigenvalue weighted by Crippen LogP contribution is -2.47. The Balaban J connectivity index is 4.20. The van der Waals surface area contributed by atoms with Crippen molar-refractivity contribution in [3.05, 3.63) is 0 Å². The lowest BCUT2D eigenvalue weighted by atomic mass is 9.86. The predicted molar refractivity (Wildman–Crippen MR) is 112 cm³/mol. The van der Waals surface area contributed by atoms with E-state index in [1.807, 2.05) is 0 Å². The van der Waals surface area contributed by atoms with Crippen molar-refractivity contribution >= 4 is 50.6 Å². The zero-order valence-corrected chi connectivity index (χ0v) is 19.5. The Kier molecular flexibility index (Phi) is 11.9. The maximum absolute atomic E-state index is 12.1. The number of rotatable bonds is 11. The van der Waals surface area contributed by atoms with Crippen molar-refractivity contribution in [2.24, 2.45) is 10.8 Å². The summed E-state index contributed by atoms with van der Waals surface area (Å²) < 4.78 is 5.19. The van der Waals surface area contributed by atoms with Gasteiger partial charge < -0.3 is 20.5 Å². The fraction of sp³-hybridized carbons (Fsp3) is 0.778. The maximum Gasteiger partial charge on any atom is 0.311 e. The van der Waals surface area contributed by atoms with E-state index in [0.29, 0.717) is 12.3 Å². The average Bonchev–Trinajstić information content (AvgIpc) is 2.61. The van der Waals surface area contributed by atoms with Crippen LogP contribution in [0.1, 0.15) is 41.0 Å². The number of hydrogen-bond acceptors (Lipinski definition) is 7. The Morgan fingerprint density at radius 1 is 1.07 bits per heavy atom. The lowest BCUT2D eigenvalue weighted by Gasteiger charge is -2.30. The van der Waals surface area contributed by atoms with Gasteiger partial charge in [-0.25, -0.2) is 0 Å². The standard InChI is InChI=1S/C18H31BrN2O6S/c1-17(2,3)16(26)27-11-18(4,5)14(24)15(25)21-7-6-12(22)20-8-9-28-13(23)10-19/h14,24H,6-11H2,1-5H3,(H,20,22)(H,21,25)/t14-/m0/s1. The number of carbonyl (C=O) groups is 4. The smallest absolute Gasteiger partial charge is 0.311 e. The Morgan fingerprint density at radius 3 is 2.21 bits per heavy atom. The first-order chi connectivity index (χ1) is 12.8. The van der Waals surface area contributed by atoms with E-state index in [0.717, 1.165) is 11.8 Å². The minimum absolute atomic E-state index is 0.00806. The zero-order chi connectivity index (χ0) is 22.0. The van der Waals surface area contributed by atoms with Gasteiger partial charge in [-0.1, -0.05) is 41.5 Å². The molecule has 0 unspecified atom stereocenters. The number of aliphatic hydroxyl groups excluding tert-OH is 1. The molecule has 2 amide bonds. The highest BCUT2D eigenvalue weighted by molar-refractivity contribution is 9.09. The van der Waals surface area contributed by atoms with E-state index in [1.54, 1.807) is 34.6 Å². The number of ether oxygens (including phenoxy) is 1. The van der Waals surface area contributed by atoms with Crippen LogP contribution in [0.3, 0.4) is 0 Å². The number of alkyl halides is 1. The van der Waals surface area contributed by atoms with Gasteiger partial charge in [-0.05, 0) is 20.8 Å². The molecule has 0 aliphatic rings. The molecule has 0 aliphatic heterocycles. The highest BCUT2D eigenvalue weighted by Gasteiger charge is 2.36. The topological polar surface area (TPSA) is 122 Å². The third-order valence-electron chi connectivity index (χ3n) is 3.62. The Morgan fingerprint density at radius 2 is 1.68 bits per heavy atom. The predicted octanol–water partition coefficient (Wildman–Crippen LogP) is 1.24. The molecule has 8 nitrogen and oxygen atoms in total. The van der Waals surface area contributed by atoms with Crippen LogP contribution in [0.2, 0.25) is 0 Å². The number of thioether (sulfide) groups is 1. The van der Waals surface area contributed by atoms with Crippen LogP contribution in [0, 0.1) is 10.8 Å². The summed E-state index contributed by atoms with van der Waals surface area (Å²) >= 11 is 4.17. The van der Waals surface area contributed by atoms with E-state index in [1.165, 1.54) is 0 Å². The number of nitrogens with one attached hydrogen (secondary N) is 2. The summed E-state index contributed by atoms with van der Waals surface area (Å²) in [7, 11) is 0. The molecule has 0 rings (SSSR count). The van der Waals surface area contributed by atoms with E-state index in [-0.39, 0.29) is 35.9 Å². The Bertz CT molecular complexity index is 563. The molecule has 0 fully saturated rings. The van der Waals surface area contributed by atoms with E-state index >= 15 is 0 Å². The summed E-state index contributed by atoms with van der Waals surface area (Å²) in [6.45, 7) is 8.69. The largest absolute Gasteiger partial charge is 0.465 e. The van der Waals surface area contributed by atoms with Gasteiger partial charge in [-0.3, -0.25) is 19.2 Å². The third-order valence-corrected chi connectivity index (χ3v) is 5.38. The first-order valence-electron chi connectivity index (χ1n) is 8.92. The van der Waals surface area contributed by atoms with Crippen LogP contribution in [0.4, 0.5) is 0 Å². The van der Waals surface area contributed by atoms with Crippen molar-refractivity contribution in [3.63, 3.8) is 0 Å². The Labute approximate surface area is 179 Å². The van der Waals surface area contributed by atoms with Gasteiger partial charge in [0.2, 0.25) is 11.8 Å². The number of aliphatic hydroxyl groups is 1. The van der Waals surface area contributed by atoms with Crippen molar-refractivity contribution in [3.8, 4) is 0 Å². The van der Waals surface area contributed by atoms with Crippen molar-refractivity contribution in [2.45, 2.75) is 47.1 Å². The monoisotopic (exact) mass is 482 g/mol. The van der Waals surface area contributed by atoms with Gasteiger partial charge in [0.05, 0.1) is 17.4 Å². The maximum atomic E-state index is 12.1. The summed E-state index contributed by atoms with van der Waals surface area (Å²) in [6, 6.07) is 0. The highest BCUT2D eigenvalue weighted by Crippen LogP contribution is 2.24. The van der Waals surface area contributed by atoms with Crippen molar-refractivity contribution in [1.29, 1.82) is 0 Å². The van der Waals surface area contributed by atoms with Gasteiger partial charge >= 0.3 is 5.97 Å². The van der Waals surface area contributed by atoms with Gasteiger partial charge in [-0.15, -0.1) is 0 Å². The van der Waals surface area contributed by atoms with E-state index in [9.17, 15) is 24.3 Å². The molecule has 0 aliphatic carbocycles. The molecular formula is C18H31BrN2O6S. The molecule has 162 valence electrons. The summed E-state index contributed by atoms with van der Waals surface area (Å²) in [4.78, 5) is 46.7. The summed E-state index contributed by atoms with van der Waals surface area (Å²) in [5, 5.41) is 15.6. The van der Waals surface area contributed by atoms with Crippen molar-refractivity contribution < 1.29 is 29.0 Å². The molecule has 3 N–H and O–H groups in total. The lowest BCUT2D eigenvalue weighted by molar-refractivity contribution is -0.161. The minimum atomic E-state index is -1.39. The molecular weight excluding hydrogens is 452 g/mol. The average molecular weight is 483 g/mol. The van der Waals surface area contributed by atoms with Crippen LogP contribution < -0.4 is 10.6 Å². The molecule has 0 bridgehead atoms. The SMILES string of the molecule is CC(C)(C)C(=O)OCC(C)(C)[C@@H](O)C(=O)NCCC(=O)NCCSC(=O)CBr. The number of carbonyl (C=O) groups excluding carboxylic acids is 4. The van der Waals surface area contributed by atoms with Gasteiger partial charge in [0, 0.05) is 30.7 Å². The molecule has 10 heteroatoms. The summed E-state index contributed by atoms with van der Waals surface area (Å²) in [5.74, 6) is -0.841. The second-order valence-corrected chi connectivity index (χ2v) is 9.68. The molecule has 0 saturated heterocycles. The number of halogens is 1. The molecule has 0 heterocycles. The van der Waals surface area contributed by atoms with Crippen molar-refractivity contribution in [1.82, 2.24) is 10.6 Å². The number of esters is 1. The van der Waals surface area contributed by atoms with E-state index in [2.05, 4.69) is 26.6 Å². The molecule has 0 spiro atoms. The van der Waals surface area contributed by atoms with Crippen LogP contribution in [-0.2, 0) is 23.9 Å². The first-order valence-corrected chi connectivity index (χ1v) is 11.0. The van der Waals surface area contributed by atoms with E-state index in [4.69, 9.17) is 4.74 Å². The second-order valence-electron chi connectivity index (χ2n) is 7.96. The first kappa shape index (κ1) is 26.9. The third kappa shape index (κ3) is 11.0. The molecule has 0 radical (unpaired) electrons. The normalized spacial score (nSPS) is 12.8. The van der Waals surface area contributed by atoms with Crippen LogP contribution >= 0.6 is 27.7 Å². The minimum Gasteiger partial charge on any atom is -0.465 e. The fourth-order valence-electron chi connectivity index (χ4n) is 1.78. The molecule has 0 aromatic rings. The van der Waals surface area contributed by atoms with Gasteiger partial charge in [0.1, 0.15) is 6.10 Å². The highest BCUT2D eigenvalue weighted by atomic mass is 79.9. The molecule has 0 aromatic heterocycles. The Hall–Kier alpha value is -1.13. The van der Waals surface area contributed by atoms with Crippen LogP contribution in [-0.4, -0.2) is 64.9 Å². The fourth-order valence-corrected chi connectivity index (χ4v) is 2.77. The number of amides is 2. The molecule has 0 aromatic carbocycles. The quantitative estimate of drug-likeness (QED) is 0.230. The van der Waals surface area contributed by atoms with Crippen molar-refractivity contribution in [2.75, 3.05) is 30.8 Å². The summed E-state index contributed by atoms with van der Waals surface area (Å²) in [5.41, 5.74) is -1.65. The van der Waals surface area contributed by atoms with Gasteiger partial charge in [0.25, 0.3) is 0 Å². The second kappa shape index (κ2) is 12.4. The van der Waals surface area contributed by atoms with Crippen LogP contribution in [0.25, 0.3) is 0 Å².